The zero-order valence-electron chi connectivity index (χ0n) is 4.98. The van der Waals surface area contributed by atoms with Gasteiger partial charge >= 0.3 is 124 Å². The Morgan fingerprint density at radius 2 is 0.333 bits per heavy atom. The fourth-order valence-electron chi connectivity index (χ4n) is 0. The van der Waals surface area contributed by atoms with E-state index in [0.29, 0.717) is 0 Å². The van der Waals surface area contributed by atoms with E-state index in [0.717, 1.165) is 0 Å². The summed E-state index contributed by atoms with van der Waals surface area (Å²) >= 11 is 0. The Labute approximate surface area is 229 Å². The van der Waals surface area contributed by atoms with E-state index >= 15 is 0 Å². The van der Waals surface area contributed by atoms with E-state index in [-0.39, 0.29) is 236 Å². The third-order valence-electron chi connectivity index (χ3n) is 0. The van der Waals surface area contributed by atoms with Gasteiger partial charge in [0.1, 0.15) is 0 Å². The summed E-state index contributed by atoms with van der Waals surface area (Å²) < 4.78 is 0. The number of hydrogen-bond acceptors (Lipinski definition) is 0. The second-order valence-electron chi connectivity index (χ2n) is 0. The predicted octanol–water partition coefficient (Wildman–Crippen LogP) is -27.0. The van der Waals surface area contributed by atoms with Gasteiger partial charge in [-0.05, 0) is 0 Å². The maximum atomic E-state index is 0. The van der Waals surface area contributed by atoms with Crippen molar-refractivity contribution in [2.45, 2.75) is 0 Å². The molecular weight excluding hydrogens is 744 g/mol. The van der Waals surface area contributed by atoms with Crippen molar-refractivity contribution in [1.29, 1.82) is 0 Å². The summed E-state index contributed by atoms with van der Waals surface area (Å²) in [5, 5.41) is 0. The summed E-state index contributed by atoms with van der Waals surface area (Å²) in [4.78, 5) is 0. The van der Waals surface area contributed by atoms with Gasteiger partial charge in [-0.1, -0.05) is 0 Å². The van der Waals surface area contributed by atoms with E-state index in [1.807, 2.05) is 0 Å². The van der Waals surface area contributed by atoms with E-state index in [9.17, 15) is 0 Å². The molecule has 0 spiro atoms. The molecule has 0 atom stereocenters. The summed E-state index contributed by atoms with van der Waals surface area (Å²) in [6.45, 7) is 0. The van der Waals surface area contributed by atoms with Crippen LogP contribution in [-0.2, 0) is 0 Å². The zero-order chi connectivity index (χ0) is 0. The summed E-state index contributed by atoms with van der Waals surface area (Å²) in [5.41, 5.74) is 0. The molecule has 12 heteroatoms. The maximum Gasteiger partial charge on any atom is 3.00 e. The Bertz CT molecular complexity index is 14.5. The largest absolute Gasteiger partial charge is 3.00 e. The number of hydrogen-bond donors (Lipinski definition) is 0. The van der Waals surface area contributed by atoms with Gasteiger partial charge in [0.15, 0.2) is 0 Å². The first-order chi connectivity index (χ1) is 0. The molecule has 0 bridgehead atoms. The monoisotopic (exact) mass is 737 g/mol. The van der Waals surface area contributed by atoms with Gasteiger partial charge in [0, 0.05) is 0 Å². The summed E-state index contributed by atoms with van der Waals surface area (Å²) in [5.74, 6) is 0. The van der Waals surface area contributed by atoms with Crippen molar-refractivity contribution >= 4 is 0 Å². The van der Waals surface area contributed by atoms with Crippen LogP contribution in [0, 0.1) is 124 Å². The van der Waals surface area contributed by atoms with Crippen molar-refractivity contribution in [2.75, 3.05) is 0 Å². The number of rotatable bonds is 0. The fraction of sp³-hybridized carbons (Fsp3) is 0. The Morgan fingerprint density at radius 1 is 0.333 bits per heavy atom. The standard InChI is InChI=1S/Ce.9ClH.Nd.Pr/h;9*1H;;/q+3;;;;;;;;;;2*+3/p-9. The topological polar surface area (TPSA) is 0 Å². The van der Waals surface area contributed by atoms with Gasteiger partial charge < -0.3 is 112 Å². The molecular formula is CeCl9NdPr. The van der Waals surface area contributed by atoms with E-state index in [2.05, 4.69) is 0 Å². The van der Waals surface area contributed by atoms with Crippen LogP contribution < -0.4 is 112 Å². The zero-order valence-corrected chi connectivity index (χ0v) is 21.8. The van der Waals surface area contributed by atoms with Crippen molar-refractivity contribution in [3.8, 4) is 0 Å². The van der Waals surface area contributed by atoms with Gasteiger partial charge in [-0.25, -0.2) is 0 Å². The third kappa shape index (κ3) is 91.7. The molecule has 0 nitrogen and oxygen atoms in total. The molecule has 0 N–H and O–H groups in total. The van der Waals surface area contributed by atoms with Crippen LogP contribution in [-0.4, -0.2) is 0 Å². The maximum absolute atomic E-state index is 0. The summed E-state index contributed by atoms with van der Waals surface area (Å²) in [7, 11) is 0. The van der Waals surface area contributed by atoms with Crippen LogP contribution >= 0.6 is 0 Å². The minimum atomic E-state index is 0. The second kappa shape index (κ2) is 110. The van der Waals surface area contributed by atoms with Gasteiger partial charge in [-0.15, -0.1) is 0 Å². The molecule has 74 valence electrons. The van der Waals surface area contributed by atoms with Gasteiger partial charge in [0.2, 0.25) is 0 Å². The van der Waals surface area contributed by atoms with Crippen molar-refractivity contribution in [3.63, 3.8) is 0 Å². The van der Waals surface area contributed by atoms with Crippen LogP contribution in [0.4, 0.5) is 0 Å². The van der Waals surface area contributed by atoms with Gasteiger partial charge in [-0.3, -0.25) is 0 Å². The Hall–Kier alpha value is 6.70. The van der Waals surface area contributed by atoms with Crippen LogP contribution in [0.25, 0.3) is 0 Å². The SMILES string of the molecule is [Ce+3].[Cl-].[Cl-].[Cl-].[Cl-].[Cl-].[Cl-].[Cl-].[Cl-].[Cl-].[Nd+3].[Pr+3]. The first-order valence-corrected chi connectivity index (χ1v) is 0. The minimum Gasteiger partial charge on any atom is -1.00 e. The first-order valence-electron chi connectivity index (χ1n) is 0. The molecule has 0 aromatic rings. The first kappa shape index (κ1) is 130. The van der Waals surface area contributed by atoms with Crippen LogP contribution in [0.1, 0.15) is 0 Å². The summed E-state index contributed by atoms with van der Waals surface area (Å²) in [6.07, 6.45) is 0. The van der Waals surface area contributed by atoms with Crippen LogP contribution in [0.2, 0.25) is 0 Å². The van der Waals surface area contributed by atoms with Crippen molar-refractivity contribution in [2.24, 2.45) is 0 Å². The fourth-order valence-corrected chi connectivity index (χ4v) is 0. The van der Waals surface area contributed by atoms with Crippen molar-refractivity contribution in [1.82, 2.24) is 0 Å². The van der Waals surface area contributed by atoms with E-state index in [4.69, 9.17) is 0 Å². The average Bonchev–Trinajstić information content (AvgIpc) is 0. The van der Waals surface area contributed by atoms with Gasteiger partial charge in [-0.2, -0.15) is 0 Å². The van der Waals surface area contributed by atoms with Gasteiger partial charge in [0.25, 0.3) is 0 Å². The predicted molar refractivity (Wildman–Crippen MR) is 0 cm³/mol. The van der Waals surface area contributed by atoms with Crippen molar-refractivity contribution < 1.29 is 236 Å². The molecule has 0 saturated carbocycles. The molecule has 0 aromatic carbocycles. The van der Waals surface area contributed by atoms with Gasteiger partial charge in [0.05, 0.1) is 0 Å². The van der Waals surface area contributed by atoms with Crippen LogP contribution in [0.15, 0.2) is 0 Å². The number of halogens is 9. The molecule has 0 aliphatic carbocycles. The molecule has 0 heterocycles. The molecule has 0 aliphatic rings. The van der Waals surface area contributed by atoms with E-state index in [1.54, 1.807) is 0 Å². The molecule has 2 radical (unpaired) electrons. The molecule has 0 fully saturated rings. The average molecular weight is 744 g/mol. The van der Waals surface area contributed by atoms with Crippen molar-refractivity contribution in [3.05, 3.63) is 0 Å². The molecule has 0 unspecified atom stereocenters. The Kier molecular flexibility index (Phi) is 1200. The molecule has 0 saturated heterocycles. The smallest absolute Gasteiger partial charge is 1.00 e. The molecule has 0 rings (SSSR count). The Balaban J connectivity index is 0. The normalized spacial score (nSPS) is 0. The molecule has 0 aliphatic heterocycles. The summed E-state index contributed by atoms with van der Waals surface area (Å²) in [6, 6.07) is 0. The second-order valence-corrected chi connectivity index (χ2v) is 0. The quantitative estimate of drug-likeness (QED) is 0.232. The minimum absolute atomic E-state index is 0. The van der Waals surface area contributed by atoms with Crippen LogP contribution in [0.3, 0.4) is 0 Å². The van der Waals surface area contributed by atoms with E-state index in [1.165, 1.54) is 0 Å². The Morgan fingerprint density at radius 3 is 0.333 bits per heavy atom. The van der Waals surface area contributed by atoms with E-state index < -0.39 is 0 Å². The molecule has 0 amide bonds. The molecule has 12 heavy (non-hydrogen) atoms. The van der Waals surface area contributed by atoms with Crippen LogP contribution in [0.5, 0.6) is 0 Å². The third-order valence-corrected chi connectivity index (χ3v) is 0. The molecule has 0 aromatic heterocycles.